The Bertz CT molecular complexity index is 744. The molecule has 0 aromatic heterocycles. The highest BCUT2D eigenvalue weighted by molar-refractivity contribution is 5.95. The van der Waals surface area contributed by atoms with Gasteiger partial charge in [-0.3, -0.25) is 24.0 Å². The monoisotopic (exact) mass is 489 g/mol. The van der Waals surface area contributed by atoms with Gasteiger partial charge in [-0.15, -0.1) is 0 Å². The number of carboxylic acids is 3. The van der Waals surface area contributed by atoms with E-state index in [1.165, 1.54) is 0 Å². The summed E-state index contributed by atoms with van der Waals surface area (Å²) >= 11 is 0. The van der Waals surface area contributed by atoms with E-state index in [-0.39, 0.29) is 12.8 Å². The first-order chi connectivity index (χ1) is 15.8. The Labute approximate surface area is 196 Å². The maximum atomic E-state index is 12.7. The van der Waals surface area contributed by atoms with Gasteiger partial charge in [-0.25, -0.2) is 4.79 Å². The van der Waals surface area contributed by atoms with Crippen LogP contribution in [0.15, 0.2) is 0 Å². The first-order valence-corrected chi connectivity index (χ1v) is 10.8. The van der Waals surface area contributed by atoms with E-state index in [1.54, 1.807) is 13.8 Å². The summed E-state index contributed by atoms with van der Waals surface area (Å²) in [5.74, 6) is -7.09. The molecule has 0 aliphatic carbocycles. The summed E-state index contributed by atoms with van der Waals surface area (Å²) in [6.45, 7) is 3.53. The fraction of sp³-hybridized carbons (Fsp3) is 0.700. The lowest BCUT2D eigenvalue weighted by Crippen LogP contribution is -2.58. The standard InChI is InChI=1S/C20H35N5O9/c1-10(2)16(19(32)23-12(20(33)34)5-3-4-8-21)25-18(31)13(9-15(28)29)24-17(30)11(22)6-7-14(26)27/h10-13,16H,3-9,21-22H2,1-2H3,(H,23,32)(H,24,30)(H,25,31)(H,26,27)(H,28,29)(H,33,34). The second kappa shape index (κ2) is 15.6. The van der Waals surface area contributed by atoms with E-state index in [4.69, 9.17) is 21.7 Å². The van der Waals surface area contributed by atoms with Crippen molar-refractivity contribution in [3.63, 3.8) is 0 Å². The molecular weight excluding hydrogens is 454 g/mol. The van der Waals surface area contributed by atoms with Crippen LogP contribution < -0.4 is 27.4 Å². The lowest BCUT2D eigenvalue weighted by molar-refractivity contribution is -0.143. The van der Waals surface area contributed by atoms with E-state index in [0.29, 0.717) is 19.4 Å². The summed E-state index contributed by atoms with van der Waals surface area (Å²) in [5, 5.41) is 34.0. The third-order valence-electron chi connectivity index (χ3n) is 4.83. The zero-order valence-electron chi connectivity index (χ0n) is 19.3. The molecule has 0 saturated carbocycles. The highest BCUT2D eigenvalue weighted by Crippen LogP contribution is 2.07. The topological polar surface area (TPSA) is 251 Å². The molecule has 0 fully saturated rings. The van der Waals surface area contributed by atoms with Crippen LogP contribution in [0.4, 0.5) is 0 Å². The van der Waals surface area contributed by atoms with Crippen molar-refractivity contribution >= 4 is 35.6 Å². The zero-order chi connectivity index (χ0) is 26.4. The molecule has 4 unspecified atom stereocenters. The van der Waals surface area contributed by atoms with Gasteiger partial charge < -0.3 is 42.7 Å². The minimum absolute atomic E-state index is 0.128. The molecule has 0 aromatic rings. The number of nitrogens with two attached hydrogens (primary N) is 2. The van der Waals surface area contributed by atoms with Crippen molar-refractivity contribution in [2.45, 2.75) is 76.5 Å². The van der Waals surface area contributed by atoms with Crippen molar-refractivity contribution in [1.29, 1.82) is 0 Å². The van der Waals surface area contributed by atoms with Crippen LogP contribution in [0.3, 0.4) is 0 Å². The van der Waals surface area contributed by atoms with E-state index in [1.807, 2.05) is 0 Å². The van der Waals surface area contributed by atoms with Gasteiger partial charge in [0.15, 0.2) is 0 Å². The Morgan fingerprint density at radius 2 is 1.35 bits per heavy atom. The van der Waals surface area contributed by atoms with Gasteiger partial charge in [-0.05, 0) is 38.1 Å². The number of hydrogen-bond acceptors (Lipinski definition) is 8. The predicted octanol–water partition coefficient (Wildman–Crippen LogP) is -2.02. The number of aliphatic carboxylic acids is 3. The number of amides is 3. The highest BCUT2D eigenvalue weighted by Gasteiger charge is 2.32. The molecule has 14 nitrogen and oxygen atoms in total. The minimum atomic E-state index is -1.60. The van der Waals surface area contributed by atoms with E-state index >= 15 is 0 Å². The number of hydrogen-bond donors (Lipinski definition) is 8. The Morgan fingerprint density at radius 1 is 0.765 bits per heavy atom. The van der Waals surface area contributed by atoms with Crippen molar-refractivity contribution in [3.8, 4) is 0 Å². The molecule has 10 N–H and O–H groups in total. The smallest absolute Gasteiger partial charge is 0.326 e. The Kier molecular flexibility index (Phi) is 14.1. The number of carboxylic acid groups (broad SMARTS) is 3. The first-order valence-electron chi connectivity index (χ1n) is 10.8. The van der Waals surface area contributed by atoms with Crippen molar-refractivity contribution in [2.75, 3.05) is 6.54 Å². The summed E-state index contributed by atoms with van der Waals surface area (Å²) in [5.41, 5.74) is 11.0. The van der Waals surface area contributed by atoms with Crippen LogP contribution in [0.2, 0.25) is 0 Å². The van der Waals surface area contributed by atoms with Crippen LogP contribution >= 0.6 is 0 Å². The van der Waals surface area contributed by atoms with Gasteiger partial charge in [0.2, 0.25) is 17.7 Å². The number of rotatable bonds is 17. The lowest BCUT2D eigenvalue weighted by Gasteiger charge is -2.26. The summed E-state index contributed by atoms with van der Waals surface area (Å²) in [6.07, 6.45) is -0.317. The summed E-state index contributed by atoms with van der Waals surface area (Å²) in [6, 6.07) is -5.33. The molecule has 34 heavy (non-hydrogen) atoms. The molecule has 0 radical (unpaired) electrons. The third kappa shape index (κ3) is 12.1. The van der Waals surface area contributed by atoms with Gasteiger partial charge in [-0.1, -0.05) is 13.8 Å². The van der Waals surface area contributed by atoms with Crippen molar-refractivity contribution in [1.82, 2.24) is 16.0 Å². The van der Waals surface area contributed by atoms with Crippen LogP contribution in [-0.4, -0.2) is 81.7 Å². The highest BCUT2D eigenvalue weighted by atomic mass is 16.4. The lowest BCUT2D eigenvalue weighted by atomic mass is 10.0. The average molecular weight is 490 g/mol. The van der Waals surface area contributed by atoms with Gasteiger partial charge in [0.25, 0.3) is 0 Å². The van der Waals surface area contributed by atoms with Gasteiger partial charge in [0.05, 0.1) is 12.5 Å². The summed E-state index contributed by atoms with van der Waals surface area (Å²) in [7, 11) is 0. The van der Waals surface area contributed by atoms with Crippen molar-refractivity contribution < 1.29 is 44.1 Å². The predicted molar refractivity (Wildman–Crippen MR) is 118 cm³/mol. The second-order valence-electron chi connectivity index (χ2n) is 8.11. The number of carbonyl (C=O) groups excluding carboxylic acids is 3. The van der Waals surface area contributed by atoms with Crippen LogP contribution in [0.25, 0.3) is 0 Å². The van der Waals surface area contributed by atoms with Crippen molar-refractivity contribution in [2.24, 2.45) is 17.4 Å². The summed E-state index contributed by atoms with van der Waals surface area (Å²) < 4.78 is 0. The molecule has 0 aliphatic rings. The maximum absolute atomic E-state index is 12.7. The molecule has 0 rings (SSSR count). The summed E-state index contributed by atoms with van der Waals surface area (Å²) in [4.78, 5) is 70.9. The van der Waals surface area contributed by atoms with E-state index in [2.05, 4.69) is 16.0 Å². The second-order valence-corrected chi connectivity index (χ2v) is 8.11. The Morgan fingerprint density at radius 3 is 1.82 bits per heavy atom. The van der Waals surface area contributed by atoms with Gasteiger partial charge in [0, 0.05) is 6.42 Å². The number of nitrogens with one attached hydrogen (secondary N) is 3. The molecule has 0 aromatic carbocycles. The molecule has 14 heteroatoms. The SMILES string of the molecule is CC(C)C(NC(=O)C(CC(=O)O)NC(=O)C(N)CCC(=O)O)C(=O)NC(CCCCN)C(=O)O. The Balaban J connectivity index is 5.36. The average Bonchev–Trinajstić information content (AvgIpc) is 2.73. The molecule has 0 aliphatic heterocycles. The van der Waals surface area contributed by atoms with Gasteiger partial charge in [-0.2, -0.15) is 0 Å². The molecule has 0 heterocycles. The van der Waals surface area contributed by atoms with Gasteiger partial charge in [0.1, 0.15) is 18.1 Å². The molecule has 0 bridgehead atoms. The fourth-order valence-electron chi connectivity index (χ4n) is 2.87. The van der Waals surface area contributed by atoms with Crippen LogP contribution in [-0.2, 0) is 28.8 Å². The quantitative estimate of drug-likeness (QED) is 0.103. The normalized spacial score (nSPS) is 14.4. The van der Waals surface area contributed by atoms with Crippen molar-refractivity contribution in [3.05, 3.63) is 0 Å². The third-order valence-corrected chi connectivity index (χ3v) is 4.83. The van der Waals surface area contributed by atoms with E-state index < -0.39 is 78.6 Å². The molecule has 3 amide bonds. The van der Waals surface area contributed by atoms with E-state index in [0.717, 1.165) is 0 Å². The van der Waals surface area contributed by atoms with Crippen LogP contribution in [0.5, 0.6) is 0 Å². The molecule has 0 spiro atoms. The Hall–Kier alpha value is -3.26. The molecule has 0 saturated heterocycles. The molecule has 4 atom stereocenters. The van der Waals surface area contributed by atoms with E-state index in [9.17, 15) is 33.9 Å². The maximum Gasteiger partial charge on any atom is 0.326 e. The minimum Gasteiger partial charge on any atom is -0.481 e. The molecule has 194 valence electrons. The largest absolute Gasteiger partial charge is 0.481 e. The molecular formula is C20H35N5O9. The number of unbranched alkanes of at least 4 members (excludes halogenated alkanes) is 1. The van der Waals surface area contributed by atoms with Gasteiger partial charge >= 0.3 is 17.9 Å². The van der Waals surface area contributed by atoms with Crippen LogP contribution in [0, 0.1) is 5.92 Å². The zero-order valence-corrected chi connectivity index (χ0v) is 19.3. The number of carbonyl (C=O) groups is 6. The fourth-order valence-corrected chi connectivity index (χ4v) is 2.87. The first kappa shape index (κ1) is 30.7. The van der Waals surface area contributed by atoms with Crippen LogP contribution in [0.1, 0.15) is 52.4 Å².